The maximum Gasteiger partial charge on any atom is 0.325 e. The molecule has 0 aliphatic carbocycles. The Hall–Kier alpha value is -2.46. The summed E-state index contributed by atoms with van der Waals surface area (Å²) in [6.07, 6.45) is 0. The highest BCUT2D eigenvalue weighted by Crippen LogP contribution is 2.39. The van der Waals surface area contributed by atoms with E-state index in [4.69, 9.17) is 15.5 Å². The minimum atomic E-state index is -0.746. The fourth-order valence-electron chi connectivity index (χ4n) is 3.60. The Bertz CT molecular complexity index is 936. The van der Waals surface area contributed by atoms with Crippen molar-refractivity contribution in [2.45, 2.75) is 13.0 Å². The lowest BCUT2D eigenvalue weighted by molar-refractivity contribution is -0.144. The highest BCUT2D eigenvalue weighted by Gasteiger charge is 2.26. The number of hydrogen-bond donors (Lipinski definition) is 2. The number of amidine groups is 1. The SMILES string of the molecule is COC(=O)C(N)COCN1CCN(C2=Nc3ccccc3Nc3sc(C)cc32)CC1. The number of thiophene rings is 1. The Morgan fingerprint density at radius 3 is 2.83 bits per heavy atom. The standard InChI is InChI=1S/C21H27N5O3S/c1-14-11-15-19(23-17-5-3-4-6-18(17)24-20(15)30-14)26-9-7-25(8-10-26)13-29-12-16(22)21(27)28-2/h3-6,11,16,24H,7-10,12-13,22H2,1-2H3. The topological polar surface area (TPSA) is 92.4 Å². The number of rotatable bonds is 5. The number of aliphatic imine (C=N–C) groups is 1. The van der Waals surface area contributed by atoms with Gasteiger partial charge in [0, 0.05) is 31.1 Å². The Kier molecular flexibility index (Phi) is 6.33. The van der Waals surface area contributed by atoms with Crippen molar-refractivity contribution in [2.75, 3.05) is 51.9 Å². The number of carbonyl (C=O) groups is 1. The number of hydrogen-bond acceptors (Lipinski definition) is 9. The number of nitrogens with zero attached hydrogens (tertiary/aromatic N) is 3. The summed E-state index contributed by atoms with van der Waals surface area (Å²) in [6, 6.07) is 9.61. The number of aryl methyl sites for hydroxylation is 1. The number of benzene rings is 1. The van der Waals surface area contributed by atoms with Crippen LogP contribution in [0.2, 0.25) is 0 Å². The zero-order valence-corrected chi connectivity index (χ0v) is 18.1. The highest BCUT2D eigenvalue weighted by atomic mass is 32.1. The highest BCUT2D eigenvalue weighted by molar-refractivity contribution is 7.16. The third-order valence-electron chi connectivity index (χ3n) is 5.22. The molecule has 1 aromatic carbocycles. The van der Waals surface area contributed by atoms with Gasteiger partial charge in [0.2, 0.25) is 0 Å². The summed E-state index contributed by atoms with van der Waals surface area (Å²) >= 11 is 1.75. The molecule has 2 aliphatic heterocycles. The quantitative estimate of drug-likeness (QED) is 0.705. The van der Waals surface area contributed by atoms with Crippen LogP contribution in [0.15, 0.2) is 35.3 Å². The molecule has 2 aromatic rings. The molecule has 0 radical (unpaired) electrons. The molecule has 0 bridgehead atoms. The van der Waals surface area contributed by atoms with E-state index < -0.39 is 12.0 Å². The van der Waals surface area contributed by atoms with Crippen LogP contribution < -0.4 is 11.1 Å². The number of anilines is 2. The van der Waals surface area contributed by atoms with Crippen LogP contribution in [0.25, 0.3) is 0 Å². The van der Waals surface area contributed by atoms with Crippen molar-refractivity contribution >= 4 is 39.5 Å². The smallest absolute Gasteiger partial charge is 0.325 e. The van der Waals surface area contributed by atoms with E-state index in [2.05, 4.69) is 38.9 Å². The molecule has 2 aliphatic rings. The van der Waals surface area contributed by atoms with Crippen LogP contribution in [0.1, 0.15) is 10.4 Å². The average Bonchev–Trinajstić information content (AvgIpc) is 3.05. The predicted octanol–water partition coefficient (Wildman–Crippen LogP) is 2.28. The zero-order chi connectivity index (χ0) is 21.1. The number of nitrogens with one attached hydrogen (secondary N) is 1. The van der Waals surface area contributed by atoms with E-state index in [-0.39, 0.29) is 6.61 Å². The van der Waals surface area contributed by atoms with Crippen molar-refractivity contribution in [2.24, 2.45) is 10.7 Å². The fourth-order valence-corrected chi connectivity index (χ4v) is 4.52. The maximum absolute atomic E-state index is 11.4. The lowest BCUT2D eigenvalue weighted by Gasteiger charge is -2.36. The van der Waals surface area contributed by atoms with Gasteiger partial charge in [-0.05, 0) is 25.1 Å². The summed E-state index contributed by atoms with van der Waals surface area (Å²) < 4.78 is 10.2. The number of carbonyl (C=O) groups excluding carboxylic acids is 1. The first-order valence-corrected chi connectivity index (χ1v) is 10.8. The van der Waals surface area contributed by atoms with E-state index in [0.717, 1.165) is 54.0 Å². The first kappa shape index (κ1) is 20.8. The van der Waals surface area contributed by atoms with Crippen molar-refractivity contribution < 1.29 is 14.3 Å². The number of fused-ring (bicyclic) bond motifs is 2. The van der Waals surface area contributed by atoms with Gasteiger partial charge in [0.15, 0.2) is 0 Å². The molecule has 1 unspecified atom stereocenters. The van der Waals surface area contributed by atoms with Crippen LogP contribution in [-0.4, -0.2) is 74.3 Å². The third kappa shape index (κ3) is 4.49. The van der Waals surface area contributed by atoms with Crippen molar-refractivity contribution in [1.82, 2.24) is 9.80 Å². The van der Waals surface area contributed by atoms with E-state index in [9.17, 15) is 4.79 Å². The summed E-state index contributed by atoms with van der Waals surface area (Å²) in [5.74, 6) is 0.557. The largest absolute Gasteiger partial charge is 0.468 e. The molecule has 3 heterocycles. The van der Waals surface area contributed by atoms with Gasteiger partial charge < -0.3 is 25.4 Å². The molecule has 1 saturated heterocycles. The lowest BCUT2D eigenvalue weighted by atomic mass is 10.2. The number of esters is 1. The molecule has 9 heteroatoms. The van der Waals surface area contributed by atoms with E-state index in [0.29, 0.717) is 6.73 Å². The van der Waals surface area contributed by atoms with Crippen molar-refractivity contribution in [1.29, 1.82) is 0 Å². The molecule has 4 rings (SSSR count). The average molecular weight is 430 g/mol. The summed E-state index contributed by atoms with van der Waals surface area (Å²) in [5.41, 5.74) is 8.86. The second-order valence-corrected chi connectivity index (χ2v) is 8.67. The van der Waals surface area contributed by atoms with Crippen LogP contribution in [0.4, 0.5) is 16.4 Å². The molecule has 8 nitrogen and oxygen atoms in total. The number of nitrogens with two attached hydrogens (primary N) is 1. The first-order valence-electron chi connectivity index (χ1n) is 9.99. The van der Waals surface area contributed by atoms with Crippen LogP contribution in [0.3, 0.4) is 0 Å². The van der Waals surface area contributed by atoms with Crippen molar-refractivity contribution in [3.05, 3.63) is 40.8 Å². The summed E-state index contributed by atoms with van der Waals surface area (Å²) in [5, 5.41) is 4.69. The summed E-state index contributed by atoms with van der Waals surface area (Å²) in [4.78, 5) is 22.2. The molecule has 0 saturated carbocycles. The van der Waals surface area contributed by atoms with E-state index in [1.54, 1.807) is 11.3 Å². The van der Waals surface area contributed by atoms with Gasteiger partial charge in [-0.1, -0.05) is 12.1 Å². The van der Waals surface area contributed by atoms with Crippen LogP contribution in [0.5, 0.6) is 0 Å². The monoisotopic (exact) mass is 429 g/mol. The third-order valence-corrected chi connectivity index (χ3v) is 6.19. The Labute approximate surface area is 180 Å². The van der Waals surface area contributed by atoms with Gasteiger partial charge in [-0.25, -0.2) is 4.99 Å². The maximum atomic E-state index is 11.4. The van der Waals surface area contributed by atoms with Crippen LogP contribution in [-0.2, 0) is 14.3 Å². The van der Waals surface area contributed by atoms with Gasteiger partial charge in [-0.2, -0.15) is 0 Å². The number of piperazine rings is 1. The van der Waals surface area contributed by atoms with Crippen molar-refractivity contribution in [3.8, 4) is 0 Å². The molecule has 1 atom stereocenters. The molecular formula is C21H27N5O3S. The second kappa shape index (κ2) is 9.13. The van der Waals surface area contributed by atoms with Crippen LogP contribution in [0, 0.1) is 6.92 Å². The molecule has 30 heavy (non-hydrogen) atoms. The van der Waals surface area contributed by atoms with Gasteiger partial charge in [0.25, 0.3) is 0 Å². The Balaban J connectivity index is 1.41. The normalized spacial score (nSPS) is 17.3. The zero-order valence-electron chi connectivity index (χ0n) is 17.3. The van der Waals surface area contributed by atoms with Gasteiger partial charge in [-0.15, -0.1) is 11.3 Å². The minimum absolute atomic E-state index is 0.152. The Morgan fingerprint density at radius 2 is 2.07 bits per heavy atom. The minimum Gasteiger partial charge on any atom is -0.468 e. The van der Waals surface area contributed by atoms with E-state index >= 15 is 0 Å². The van der Waals surface area contributed by atoms with E-state index in [1.165, 1.54) is 12.0 Å². The molecule has 0 amide bonds. The van der Waals surface area contributed by atoms with Crippen LogP contribution >= 0.6 is 11.3 Å². The number of para-hydroxylation sites is 2. The molecular weight excluding hydrogens is 402 g/mol. The number of ether oxygens (including phenoxy) is 2. The van der Waals surface area contributed by atoms with E-state index in [1.807, 2.05) is 18.2 Å². The van der Waals surface area contributed by atoms with Gasteiger partial charge >= 0.3 is 5.97 Å². The molecule has 1 fully saturated rings. The first-order chi connectivity index (χ1) is 14.5. The Morgan fingerprint density at radius 1 is 1.30 bits per heavy atom. The molecule has 3 N–H and O–H groups in total. The molecule has 160 valence electrons. The van der Waals surface area contributed by atoms with Gasteiger partial charge in [0.05, 0.1) is 37.4 Å². The second-order valence-electron chi connectivity index (χ2n) is 7.41. The fraction of sp³-hybridized carbons (Fsp3) is 0.429. The van der Waals surface area contributed by atoms with Gasteiger partial charge in [0.1, 0.15) is 16.9 Å². The lowest BCUT2D eigenvalue weighted by Crippen LogP contribution is -2.49. The number of methoxy groups -OCH3 is 1. The van der Waals surface area contributed by atoms with Gasteiger partial charge in [-0.3, -0.25) is 9.69 Å². The molecule has 0 spiro atoms. The molecule has 1 aromatic heterocycles. The summed E-state index contributed by atoms with van der Waals surface area (Å²) in [6.45, 7) is 6.11. The van der Waals surface area contributed by atoms with Crippen molar-refractivity contribution in [3.63, 3.8) is 0 Å². The predicted molar refractivity (Wildman–Crippen MR) is 119 cm³/mol. The summed E-state index contributed by atoms with van der Waals surface area (Å²) in [7, 11) is 1.33.